The first-order valence-corrected chi connectivity index (χ1v) is 15.4. The number of hydrogen-bond donors (Lipinski definition) is 6. The van der Waals surface area contributed by atoms with Crippen molar-refractivity contribution in [2.24, 2.45) is 11.8 Å². The molecule has 6 N–H and O–H groups in total. The third kappa shape index (κ3) is 7.28. The molecule has 1 aliphatic carbocycles. The number of fused-ring (bicyclic) bond motifs is 2. The number of aromatic nitrogens is 4. The van der Waals surface area contributed by atoms with Crippen molar-refractivity contribution in [2.75, 3.05) is 30.2 Å². The van der Waals surface area contributed by atoms with Crippen LogP contribution in [0.3, 0.4) is 0 Å². The number of benzene rings is 2. The van der Waals surface area contributed by atoms with Crippen LogP contribution in [-0.2, 0) is 9.84 Å². The third-order valence-corrected chi connectivity index (χ3v) is 7.96. The number of nitrogens with zero attached hydrogens (tertiary/aromatic N) is 4. The van der Waals surface area contributed by atoms with Gasteiger partial charge in [-0.3, -0.25) is 21.7 Å². The van der Waals surface area contributed by atoms with Crippen molar-refractivity contribution in [3.63, 3.8) is 0 Å². The minimum Gasteiger partial charge on any atom is -0.336 e. The molecule has 4 aromatic rings. The number of para-hydroxylation sites is 2. The maximum atomic E-state index is 12.4. The quantitative estimate of drug-likeness (QED) is 0.124. The highest BCUT2D eigenvalue weighted by Gasteiger charge is 2.22. The lowest BCUT2D eigenvalue weighted by atomic mass is 9.82. The minimum absolute atomic E-state index is 0.189. The molecule has 0 saturated heterocycles. The summed E-state index contributed by atoms with van der Waals surface area (Å²) in [5.41, 5.74) is 11.9. The van der Waals surface area contributed by atoms with Gasteiger partial charge in [-0.1, -0.05) is 24.3 Å². The number of carbonyl (C=O) groups is 2. The summed E-state index contributed by atoms with van der Waals surface area (Å²) in [6.07, 6.45) is 6.16. The second-order valence-corrected chi connectivity index (χ2v) is 12.1. The van der Waals surface area contributed by atoms with Gasteiger partial charge in [0.1, 0.15) is 6.33 Å². The maximum Gasteiger partial charge on any atom is 0.333 e. The molecule has 0 radical (unpaired) electrons. The predicted octanol–water partition coefficient (Wildman–Crippen LogP) is 2.74. The van der Waals surface area contributed by atoms with Gasteiger partial charge in [0.05, 0.1) is 11.0 Å². The number of hydrogen-bond acceptors (Lipinski definition) is 10. The molecule has 0 aliphatic heterocycles. The largest absolute Gasteiger partial charge is 0.336 e. The second kappa shape index (κ2) is 12.8. The predicted molar refractivity (Wildman–Crippen MR) is 158 cm³/mol. The summed E-state index contributed by atoms with van der Waals surface area (Å²) in [6, 6.07) is 13.6. The van der Waals surface area contributed by atoms with E-state index >= 15 is 0 Å². The van der Waals surface area contributed by atoms with E-state index in [0.717, 1.165) is 42.8 Å². The standard InChI is InChI=1S/C27H32N10O4S/c1-42(40,41)27-32-22-9-5-3-7-20(22)24(33-27)35-37-26(39)29-15-18-12-10-17(11-13-18)14-28-25(38)36-34-23-19-6-2-4-8-21(19)30-16-31-23/h2-9,16-18H,10-15H2,1H3,(H2,28,36,38)(H2,29,37,39)(H,30,31,34)(H,32,33,35). The Hall–Kier alpha value is -4.79. The monoisotopic (exact) mass is 592 g/mol. The second-order valence-electron chi connectivity index (χ2n) is 10.2. The summed E-state index contributed by atoms with van der Waals surface area (Å²) in [7, 11) is -3.64. The van der Waals surface area contributed by atoms with Crippen molar-refractivity contribution in [1.29, 1.82) is 0 Å². The van der Waals surface area contributed by atoms with Gasteiger partial charge in [-0.15, -0.1) is 0 Å². The molecule has 4 amide bonds. The number of carbonyl (C=O) groups excluding carboxylic acids is 2. The molecule has 15 heteroatoms. The van der Waals surface area contributed by atoms with Crippen LogP contribution in [0.1, 0.15) is 25.7 Å². The van der Waals surface area contributed by atoms with Crippen LogP contribution >= 0.6 is 0 Å². The Morgan fingerprint density at radius 2 is 1.26 bits per heavy atom. The number of nitrogens with one attached hydrogen (secondary N) is 6. The molecule has 0 atom stereocenters. The smallest absolute Gasteiger partial charge is 0.333 e. The third-order valence-electron chi connectivity index (χ3n) is 7.11. The molecule has 220 valence electrons. The van der Waals surface area contributed by atoms with Crippen LogP contribution < -0.4 is 32.3 Å². The lowest BCUT2D eigenvalue weighted by Gasteiger charge is -2.28. The SMILES string of the molecule is CS(=O)(=O)c1nc(NNC(=O)NCC2CCC(CNC(=O)NNc3ncnc4ccccc34)CC2)c2ccccc2n1. The number of sulfone groups is 1. The summed E-state index contributed by atoms with van der Waals surface area (Å²) in [6.45, 7) is 1.04. The molecular weight excluding hydrogens is 560 g/mol. The average molecular weight is 593 g/mol. The number of rotatable bonds is 9. The minimum atomic E-state index is -3.64. The normalized spacial score (nSPS) is 16.9. The molecular formula is C27H32N10O4S. The molecule has 0 bridgehead atoms. The first kappa shape index (κ1) is 28.7. The number of amides is 4. The van der Waals surface area contributed by atoms with Gasteiger partial charge in [0, 0.05) is 30.1 Å². The molecule has 1 fully saturated rings. The number of anilines is 2. The number of urea groups is 2. The Kier molecular flexibility index (Phi) is 8.76. The van der Waals surface area contributed by atoms with Gasteiger partial charge in [-0.25, -0.2) is 33.0 Å². The highest BCUT2D eigenvalue weighted by atomic mass is 32.2. The molecule has 14 nitrogen and oxygen atoms in total. The Labute approximate surface area is 242 Å². The van der Waals surface area contributed by atoms with Crippen LogP contribution in [0, 0.1) is 11.8 Å². The highest BCUT2D eigenvalue weighted by Crippen LogP contribution is 2.28. The zero-order chi connectivity index (χ0) is 29.5. The van der Waals surface area contributed by atoms with Crippen LogP contribution in [0.5, 0.6) is 0 Å². The molecule has 5 rings (SSSR count). The van der Waals surface area contributed by atoms with E-state index in [9.17, 15) is 18.0 Å². The Morgan fingerprint density at radius 1 is 0.738 bits per heavy atom. The summed E-state index contributed by atoms with van der Waals surface area (Å²) < 4.78 is 24.0. The van der Waals surface area contributed by atoms with Crippen LogP contribution in [-0.4, -0.2) is 59.8 Å². The van der Waals surface area contributed by atoms with E-state index in [2.05, 4.69) is 52.3 Å². The average Bonchev–Trinajstić information content (AvgIpc) is 3.00. The fourth-order valence-corrected chi connectivity index (χ4v) is 5.38. The Bertz CT molecular complexity index is 1690. The molecule has 2 aromatic heterocycles. The summed E-state index contributed by atoms with van der Waals surface area (Å²) in [5.74, 6) is 1.36. The zero-order valence-corrected chi connectivity index (χ0v) is 23.7. The molecule has 1 aliphatic rings. The van der Waals surface area contributed by atoms with E-state index in [1.54, 1.807) is 24.3 Å². The first-order valence-electron chi connectivity index (χ1n) is 13.5. The Balaban J connectivity index is 1.01. The topological polar surface area (TPSA) is 192 Å². The van der Waals surface area contributed by atoms with Crippen LogP contribution in [0.25, 0.3) is 21.8 Å². The lowest BCUT2D eigenvalue weighted by molar-refractivity contribution is 0.225. The highest BCUT2D eigenvalue weighted by molar-refractivity contribution is 7.90. The Morgan fingerprint density at radius 3 is 1.86 bits per heavy atom. The molecule has 2 heterocycles. The van der Waals surface area contributed by atoms with Crippen molar-refractivity contribution in [3.05, 3.63) is 54.9 Å². The van der Waals surface area contributed by atoms with Gasteiger partial charge >= 0.3 is 12.1 Å². The van der Waals surface area contributed by atoms with Gasteiger partial charge in [0.25, 0.3) is 0 Å². The number of hydrazine groups is 2. The maximum absolute atomic E-state index is 12.4. The van der Waals surface area contributed by atoms with Crippen molar-refractivity contribution in [3.8, 4) is 0 Å². The van der Waals surface area contributed by atoms with E-state index in [1.165, 1.54) is 6.33 Å². The van der Waals surface area contributed by atoms with Crippen molar-refractivity contribution in [2.45, 2.75) is 30.8 Å². The summed E-state index contributed by atoms with van der Waals surface area (Å²) >= 11 is 0. The summed E-state index contributed by atoms with van der Waals surface area (Å²) in [5, 5.41) is 6.81. The van der Waals surface area contributed by atoms with E-state index in [-0.39, 0.29) is 17.0 Å². The lowest BCUT2D eigenvalue weighted by Crippen LogP contribution is -2.43. The van der Waals surface area contributed by atoms with Crippen LogP contribution in [0.2, 0.25) is 0 Å². The first-order chi connectivity index (χ1) is 20.3. The van der Waals surface area contributed by atoms with Crippen molar-refractivity contribution < 1.29 is 18.0 Å². The van der Waals surface area contributed by atoms with Crippen molar-refractivity contribution in [1.82, 2.24) is 41.4 Å². The van der Waals surface area contributed by atoms with Gasteiger partial charge in [-0.2, -0.15) is 4.98 Å². The molecule has 0 unspecified atom stereocenters. The van der Waals surface area contributed by atoms with Gasteiger partial charge in [0.15, 0.2) is 11.6 Å². The summed E-state index contributed by atoms with van der Waals surface area (Å²) in [4.78, 5) is 41.3. The fraction of sp³-hybridized carbons (Fsp3) is 0.333. The molecule has 1 saturated carbocycles. The van der Waals surface area contributed by atoms with Crippen LogP contribution in [0.4, 0.5) is 21.2 Å². The molecule has 0 spiro atoms. The van der Waals surface area contributed by atoms with Crippen molar-refractivity contribution >= 4 is 55.3 Å². The van der Waals surface area contributed by atoms with E-state index in [1.807, 2.05) is 24.3 Å². The van der Waals surface area contributed by atoms with E-state index in [0.29, 0.717) is 41.6 Å². The van der Waals surface area contributed by atoms with Gasteiger partial charge in [0.2, 0.25) is 15.0 Å². The van der Waals surface area contributed by atoms with Crippen LogP contribution in [0.15, 0.2) is 60.0 Å². The molecule has 2 aromatic carbocycles. The molecule has 42 heavy (non-hydrogen) atoms. The zero-order valence-electron chi connectivity index (χ0n) is 22.9. The van der Waals surface area contributed by atoms with Gasteiger partial charge in [-0.05, 0) is 61.8 Å². The van der Waals surface area contributed by atoms with Gasteiger partial charge < -0.3 is 10.6 Å². The van der Waals surface area contributed by atoms with E-state index < -0.39 is 15.9 Å². The fourth-order valence-electron chi connectivity index (χ4n) is 4.85. The van der Waals surface area contributed by atoms with E-state index in [4.69, 9.17) is 0 Å².